The molecule has 0 fully saturated rings. The molecule has 3 rings (SSSR count). The predicted molar refractivity (Wildman–Crippen MR) is 88.7 cm³/mol. The normalized spacial score (nSPS) is 12.1. The number of benzene rings is 2. The van der Waals surface area contributed by atoms with Gasteiger partial charge >= 0.3 is 5.97 Å². The highest BCUT2D eigenvalue weighted by Crippen LogP contribution is 2.20. The van der Waals surface area contributed by atoms with E-state index in [-0.39, 0.29) is 5.78 Å². The van der Waals surface area contributed by atoms with Crippen LogP contribution in [0.4, 0.5) is 0 Å². The summed E-state index contributed by atoms with van der Waals surface area (Å²) < 4.78 is 5.35. The molecule has 0 saturated carbocycles. The molecule has 3 aromatic rings. The van der Waals surface area contributed by atoms with Crippen LogP contribution in [-0.4, -0.2) is 22.8 Å². The van der Waals surface area contributed by atoms with Crippen molar-refractivity contribution in [1.82, 2.24) is 4.98 Å². The van der Waals surface area contributed by atoms with Gasteiger partial charge in [-0.3, -0.25) is 4.79 Å². The molecule has 4 nitrogen and oxygen atoms in total. The fourth-order valence-corrected chi connectivity index (χ4v) is 2.57. The number of esters is 1. The lowest BCUT2D eigenvalue weighted by Gasteiger charge is -2.13. The summed E-state index contributed by atoms with van der Waals surface area (Å²) in [5.41, 5.74) is 2.72. The van der Waals surface area contributed by atoms with Crippen molar-refractivity contribution in [2.45, 2.75) is 20.0 Å². The largest absolute Gasteiger partial charge is 0.451 e. The molecule has 1 N–H and O–H groups in total. The lowest BCUT2D eigenvalue weighted by Crippen LogP contribution is -2.24. The van der Waals surface area contributed by atoms with Crippen molar-refractivity contribution in [3.63, 3.8) is 0 Å². The van der Waals surface area contributed by atoms with Crippen molar-refractivity contribution >= 4 is 22.7 Å². The molecule has 0 unspecified atom stereocenters. The summed E-state index contributed by atoms with van der Waals surface area (Å²) in [6.45, 7) is 3.43. The van der Waals surface area contributed by atoms with Crippen LogP contribution in [0.5, 0.6) is 0 Å². The Kier molecular flexibility index (Phi) is 3.98. The average Bonchev–Trinajstić information content (AvgIpc) is 2.98. The van der Waals surface area contributed by atoms with E-state index in [0.29, 0.717) is 11.1 Å². The minimum Gasteiger partial charge on any atom is -0.451 e. The fraction of sp³-hybridized carbons (Fsp3) is 0.158. The Morgan fingerprint density at radius 1 is 1.00 bits per heavy atom. The second-order valence-corrected chi connectivity index (χ2v) is 5.47. The lowest BCUT2D eigenvalue weighted by molar-refractivity contribution is 0.0318. The molecule has 1 atom stereocenters. The minimum atomic E-state index is -0.846. The molecule has 23 heavy (non-hydrogen) atoms. The Balaban J connectivity index is 1.80. The lowest BCUT2D eigenvalue weighted by atomic mass is 10.1. The second kappa shape index (κ2) is 6.08. The monoisotopic (exact) mass is 307 g/mol. The molecule has 0 saturated heterocycles. The van der Waals surface area contributed by atoms with Crippen LogP contribution in [0.3, 0.4) is 0 Å². The zero-order valence-electron chi connectivity index (χ0n) is 13.0. The van der Waals surface area contributed by atoms with Crippen LogP contribution >= 0.6 is 0 Å². The molecule has 4 heteroatoms. The highest BCUT2D eigenvalue weighted by atomic mass is 16.5. The quantitative estimate of drug-likeness (QED) is 0.587. The summed E-state index contributed by atoms with van der Waals surface area (Å²) in [6, 6.07) is 14.7. The summed E-state index contributed by atoms with van der Waals surface area (Å²) in [6.07, 6.45) is 0.812. The second-order valence-electron chi connectivity index (χ2n) is 5.47. The molecular formula is C19H17NO3. The number of ketones is 1. The molecule has 2 aromatic carbocycles. The molecule has 0 aliphatic rings. The number of fused-ring (bicyclic) bond motifs is 1. The van der Waals surface area contributed by atoms with Crippen LogP contribution in [0.1, 0.15) is 33.2 Å². The summed E-state index contributed by atoms with van der Waals surface area (Å²) in [7, 11) is 0. The van der Waals surface area contributed by atoms with Crippen molar-refractivity contribution in [2.24, 2.45) is 0 Å². The Hall–Kier alpha value is -2.88. The van der Waals surface area contributed by atoms with E-state index < -0.39 is 12.1 Å². The first-order valence-corrected chi connectivity index (χ1v) is 7.45. The van der Waals surface area contributed by atoms with Gasteiger partial charge in [-0.25, -0.2) is 4.79 Å². The molecule has 0 radical (unpaired) electrons. The van der Waals surface area contributed by atoms with Crippen LogP contribution in [0, 0.1) is 6.92 Å². The van der Waals surface area contributed by atoms with Crippen LogP contribution in [0.25, 0.3) is 10.9 Å². The van der Waals surface area contributed by atoms with Gasteiger partial charge in [0, 0.05) is 22.7 Å². The maximum Gasteiger partial charge on any atom is 0.339 e. The van der Waals surface area contributed by atoms with Crippen LogP contribution in [0.15, 0.2) is 54.7 Å². The first kappa shape index (κ1) is 15.0. The van der Waals surface area contributed by atoms with Gasteiger partial charge in [-0.15, -0.1) is 0 Å². The van der Waals surface area contributed by atoms with E-state index in [4.69, 9.17) is 4.74 Å². The highest BCUT2D eigenvalue weighted by molar-refractivity contribution is 6.10. The molecule has 1 aromatic heterocycles. The van der Waals surface area contributed by atoms with E-state index in [0.717, 1.165) is 16.5 Å². The fourth-order valence-electron chi connectivity index (χ4n) is 2.57. The zero-order chi connectivity index (χ0) is 16.4. The van der Waals surface area contributed by atoms with Gasteiger partial charge < -0.3 is 9.72 Å². The summed E-state index contributed by atoms with van der Waals surface area (Å²) in [4.78, 5) is 27.9. The molecular weight excluding hydrogens is 290 g/mol. The third-order valence-electron chi connectivity index (χ3n) is 3.87. The van der Waals surface area contributed by atoms with Crippen molar-refractivity contribution < 1.29 is 14.3 Å². The number of carbonyl (C=O) groups is 2. The van der Waals surface area contributed by atoms with Crippen molar-refractivity contribution in [3.8, 4) is 0 Å². The summed E-state index contributed by atoms with van der Waals surface area (Å²) in [5.74, 6) is -0.701. The number of carbonyl (C=O) groups excluding carboxylic acids is 2. The van der Waals surface area contributed by atoms with Crippen LogP contribution < -0.4 is 0 Å². The van der Waals surface area contributed by atoms with Gasteiger partial charge in [0.2, 0.25) is 5.78 Å². The van der Waals surface area contributed by atoms with E-state index >= 15 is 0 Å². The minimum absolute atomic E-state index is 0.218. The number of Topliss-reactive ketones (excluding diaryl/α,β-unsaturated/α-hetero) is 1. The maximum absolute atomic E-state index is 12.6. The molecule has 116 valence electrons. The number of nitrogens with one attached hydrogen (secondary N) is 1. The molecule has 1 heterocycles. The van der Waals surface area contributed by atoms with Gasteiger partial charge in [0.1, 0.15) is 0 Å². The molecule has 0 aliphatic heterocycles. The number of para-hydroxylation sites is 1. The smallest absolute Gasteiger partial charge is 0.339 e. The first-order valence-electron chi connectivity index (χ1n) is 7.45. The Morgan fingerprint density at radius 3 is 2.48 bits per heavy atom. The van der Waals surface area contributed by atoms with E-state index in [1.54, 1.807) is 25.3 Å². The van der Waals surface area contributed by atoms with Crippen molar-refractivity contribution in [3.05, 3.63) is 71.4 Å². The third kappa shape index (κ3) is 2.88. The number of ether oxygens (including phenoxy) is 1. The van der Waals surface area contributed by atoms with Gasteiger partial charge in [0.25, 0.3) is 0 Å². The third-order valence-corrected chi connectivity index (χ3v) is 3.87. The van der Waals surface area contributed by atoms with Gasteiger partial charge in [0.05, 0.1) is 5.56 Å². The number of aromatic nitrogens is 1. The Bertz CT molecular complexity index is 879. The predicted octanol–water partition coefficient (Wildman–Crippen LogP) is 3.90. The summed E-state index contributed by atoms with van der Waals surface area (Å²) in [5, 5.41) is 0.830. The molecule has 0 spiro atoms. The van der Waals surface area contributed by atoms with Crippen molar-refractivity contribution in [2.75, 3.05) is 0 Å². The van der Waals surface area contributed by atoms with E-state index in [9.17, 15) is 9.59 Å². The molecule has 0 aliphatic carbocycles. The SMILES string of the molecule is Cc1ccccc1C(=O)O[C@H](C)C(=O)c1c[nH]c2ccccc12. The Morgan fingerprint density at radius 2 is 1.70 bits per heavy atom. The van der Waals surface area contributed by atoms with Crippen LogP contribution in [0.2, 0.25) is 0 Å². The van der Waals surface area contributed by atoms with E-state index in [2.05, 4.69) is 4.98 Å². The standard InChI is InChI=1S/C19H17NO3/c1-12-7-3-4-8-14(12)19(22)23-13(2)18(21)16-11-20-17-10-6-5-9-15(16)17/h3-11,13,20H,1-2H3/t13-/m1/s1. The number of rotatable bonds is 4. The highest BCUT2D eigenvalue weighted by Gasteiger charge is 2.23. The number of hydrogen-bond donors (Lipinski definition) is 1. The number of aryl methyl sites for hydroxylation is 1. The van der Waals surface area contributed by atoms with Gasteiger partial charge in [0.15, 0.2) is 6.10 Å². The Labute approximate surface area is 134 Å². The average molecular weight is 307 g/mol. The topological polar surface area (TPSA) is 59.2 Å². The van der Waals surface area contributed by atoms with Gasteiger partial charge in [-0.1, -0.05) is 36.4 Å². The maximum atomic E-state index is 12.6. The first-order chi connectivity index (χ1) is 11.1. The zero-order valence-corrected chi connectivity index (χ0v) is 13.0. The summed E-state index contributed by atoms with van der Waals surface area (Å²) >= 11 is 0. The molecule has 0 amide bonds. The van der Waals surface area contributed by atoms with Gasteiger partial charge in [-0.05, 0) is 31.5 Å². The number of aromatic amines is 1. The van der Waals surface area contributed by atoms with Crippen LogP contribution in [-0.2, 0) is 4.74 Å². The van der Waals surface area contributed by atoms with E-state index in [1.165, 1.54) is 0 Å². The van der Waals surface area contributed by atoms with Crippen molar-refractivity contribution in [1.29, 1.82) is 0 Å². The number of H-pyrrole nitrogens is 1. The van der Waals surface area contributed by atoms with Gasteiger partial charge in [-0.2, -0.15) is 0 Å². The number of hydrogen-bond acceptors (Lipinski definition) is 3. The van der Waals surface area contributed by atoms with E-state index in [1.807, 2.05) is 43.3 Å². The molecule has 0 bridgehead atoms.